The van der Waals surface area contributed by atoms with E-state index < -0.39 is 23.8 Å². The molecule has 138 valence electrons. The summed E-state index contributed by atoms with van der Waals surface area (Å²) >= 11 is 2.18. The third kappa shape index (κ3) is 3.28. The maximum atomic E-state index is 14.7. The second-order valence-corrected chi connectivity index (χ2v) is 7.25. The van der Waals surface area contributed by atoms with Crippen molar-refractivity contribution in [2.24, 2.45) is 4.99 Å². The highest BCUT2D eigenvalue weighted by Gasteiger charge is 2.30. The van der Waals surface area contributed by atoms with Crippen LogP contribution in [0.25, 0.3) is 0 Å². The highest BCUT2D eigenvalue weighted by atomic mass is 127. The molecule has 3 rings (SSSR count). The number of aliphatic imine (C=N–C) groups is 1. The number of fused-ring (bicyclic) bond motifs is 1. The first kappa shape index (κ1) is 19.0. The highest BCUT2D eigenvalue weighted by Crippen LogP contribution is 2.39. The SMILES string of the molecule is COc1cc2c(cc1I)C=N[C@H](C)N2C(C)c1cccc(C(F)F)c1F. The van der Waals surface area contributed by atoms with Crippen LogP contribution >= 0.6 is 22.6 Å². The number of rotatable bonds is 4. The van der Waals surface area contributed by atoms with Crippen LogP contribution in [0.2, 0.25) is 0 Å². The molecule has 7 heteroatoms. The third-order valence-electron chi connectivity index (χ3n) is 4.57. The van der Waals surface area contributed by atoms with Gasteiger partial charge in [0.25, 0.3) is 6.43 Å². The van der Waals surface area contributed by atoms with Gasteiger partial charge in [-0.15, -0.1) is 0 Å². The number of ether oxygens (including phenoxy) is 1. The van der Waals surface area contributed by atoms with E-state index in [1.807, 2.05) is 24.0 Å². The standard InChI is InChI=1S/C19H18F3IN2O/c1-10(13-5-4-6-14(18(13)20)19(21)22)25-11(2)24-9-12-7-15(23)17(26-3)8-16(12)25/h4-11,19H,1-3H3/t10?,11-/m0/s1. The molecular formula is C19H18F3IN2O. The van der Waals surface area contributed by atoms with Crippen LogP contribution in [0, 0.1) is 9.39 Å². The molecule has 0 amide bonds. The van der Waals surface area contributed by atoms with Crippen LogP contribution in [0.15, 0.2) is 35.3 Å². The predicted octanol–water partition coefficient (Wildman–Crippen LogP) is 5.72. The Kier molecular flexibility index (Phi) is 5.45. The average molecular weight is 474 g/mol. The number of alkyl halides is 2. The molecule has 0 aliphatic carbocycles. The molecule has 2 aromatic carbocycles. The van der Waals surface area contributed by atoms with Gasteiger partial charge in [-0.2, -0.15) is 0 Å². The zero-order valence-electron chi connectivity index (χ0n) is 14.5. The molecule has 0 radical (unpaired) electrons. The molecule has 1 heterocycles. The first-order valence-corrected chi connectivity index (χ1v) is 9.18. The van der Waals surface area contributed by atoms with Crippen molar-refractivity contribution in [1.29, 1.82) is 0 Å². The lowest BCUT2D eigenvalue weighted by atomic mass is 9.99. The molecule has 3 nitrogen and oxygen atoms in total. The van der Waals surface area contributed by atoms with Crippen molar-refractivity contribution in [2.75, 3.05) is 12.0 Å². The number of anilines is 1. The molecule has 0 bridgehead atoms. The molecule has 2 aromatic rings. The van der Waals surface area contributed by atoms with E-state index in [0.29, 0.717) is 5.75 Å². The number of hydrogen-bond donors (Lipinski definition) is 0. The van der Waals surface area contributed by atoms with Crippen molar-refractivity contribution < 1.29 is 17.9 Å². The molecule has 2 atom stereocenters. The first-order chi connectivity index (χ1) is 12.3. The van der Waals surface area contributed by atoms with E-state index >= 15 is 0 Å². The van der Waals surface area contributed by atoms with Gasteiger partial charge in [0.15, 0.2) is 0 Å². The second kappa shape index (κ2) is 7.46. The predicted molar refractivity (Wildman–Crippen MR) is 105 cm³/mol. The van der Waals surface area contributed by atoms with E-state index in [1.54, 1.807) is 26.3 Å². The normalized spacial score (nSPS) is 17.4. The maximum Gasteiger partial charge on any atom is 0.266 e. The molecule has 0 saturated carbocycles. The van der Waals surface area contributed by atoms with E-state index in [9.17, 15) is 13.2 Å². The Morgan fingerprint density at radius 3 is 2.58 bits per heavy atom. The lowest BCUT2D eigenvalue weighted by Gasteiger charge is -2.38. The van der Waals surface area contributed by atoms with E-state index in [1.165, 1.54) is 6.07 Å². The summed E-state index contributed by atoms with van der Waals surface area (Å²) < 4.78 is 47.2. The molecule has 1 aliphatic heterocycles. The Morgan fingerprint density at radius 1 is 1.23 bits per heavy atom. The van der Waals surface area contributed by atoms with Gasteiger partial charge in [0.1, 0.15) is 17.7 Å². The van der Waals surface area contributed by atoms with Crippen LogP contribution < -0.4 is 9.64 Å². The zero-order chi connectivity index (χ0) is 19.0. The van der Waals surface area contributed by atoms with E-state index in [-0.39, 0.29) is 11.7 Å². The summed E-state index contributed by atoms with van der Waals surface area (Å²) in [6.07, 6.45) is -1.35. The van der Waals surface area contributed by atoms with Crippen LogP contribution in [0.4, 0.5) is 18.9 Å². The smallest absolute Gasteiger partial charge is 0.266 e. The minimum atomic E-state index is -2.85. The minimum Gasteiger partial charge on any atom is -0.496 e. The molecule has 26 heavy (non-hydrogen) atoms. The molecule has 1 aliphatic rings. The fraction of sp³-hybridized carbons (Fsp3) is 0.316. The molecular weight excluding hydrogens is 456 g/mol. The summed E-state index contributed by atoms with van der Waals surface area (Å²) in [5.41, 5.74) is 1.35. The Hall–Kier alpha value is -1.77. The number of methoxy groups -OCH3 is 1. The van der Waals surface area contributed by atoms with Crippen molar-refractivity contribution in [2.45, 2.75) is 32.5 Å². The first-order valence-electron chi connectivity index (χ1n) is 8.10. The lowest BCUT2D eigenvalue weighted by Crippen LogP contribution is -2.37. The van der Waals surface area contributed by atoms with Crippen LogP contribution in [0.1, 0.15) is 43.0 Å². The second-order valence-electron chi connectivity index (χ2n) is 6.09. The number of hydrogen-bond acceptors (Lipinski definition) is 3. The van der Waals surface area contributed by atoms with Gasteiger partial charge < -0.3 is 9.64 Å². The summed E-state index contributed by atoms with van der Waals surface area (Å²) in [4.78, 5) is 6.39. The Balaban J connectivity index is 2.10. The fourth-order valence-corrected chi connectivity index (χ4v) is 3.96. The summed E-state index contributed by atoms with van der Waals surface area (Å²) in [5, 5.41) is 0. The molecule has 1 unspecified atom stereocenters. The van der Waals surface area contributed by atoms with Gasteiger partial charge in [-0.05, 0) is 42.5 Å². The summed E-state index contributed by atoms with van der Waals surface area (Å²) in [6, 6.07) is 7.46. The van der Waals surface area contributed by atoms with Gasteiger partial charge in [-0.3, -0.25) is 4.99 Å². The van der Waals surface area contributed by atoms with Crippen molar-refractivity contribution in [1.82, 2.24) is 0 Å². The topological polar surface area (TPSA) is 24.8 Å². The number of nitrogens with zero attached hydrogens (tertiary/aromatic N) is 2. The Morgan fingerprint density at radius 2 is 1.92 bits per heavy atom. The summed E-state index contributed by atoms with van der Waals surface area (Å²) in [5.74, 6) is -0.165. The van der Waals surface area contributed by atoms with Gasteiger partial charge in [-0.25, -0.2) is 13.2 Å². The van der Waals surface area contributed by atoms with Gasteiger partial charge in [0.2, 0.25) is 0 Å². The lowest BCUT2D eigenvalue weighted by molar-refractivity contribution is 0.146. The van der Waals surface area contributed by atoms with Crippen LogP contribution in [-0.2, 0) is 0 Å². The minimum absolute atomic E-state index is 0.218. The van der Waals surface area contributed by atoms with Crippen LogP contribution in [-0.4, -0.2) is 19.5 Å². The Labute approximate surface area is 164 Å². The summed E-state index contributed by atoms with van der Waals surface area (Å²) in [7, 11) is 1.59. The van der Waals surface area contributed by atoms with E-state index in [0.717, 1.165) is 20.9 Å². The van der Waals surface area contributed by atoms with E-state index in [4.69, 9.17) is 4.74 Å². The maximum absolute atomic E-state index is 14.7. The largest absolute Gasteiger partial charge is 0.496 e. The van der Waals surface area contributed by atoms with Crippen molar-refractivity contribution in [3.63, 3.8) is 0 Å². The average Bonchev–Trinajstić information content (AvgIpc) is 2.60. The van der Waals surface area contributed by atoms with Gasteiger partial charge in [-0.1, -0.05) is 18.2 Å². The zero-order valence-corrected chi connectivity index (χ0v) is 16.7. The van der Waals surface area contributed by atoms with Gasteiger partial charge in [0.05, 0.1) is 28.0 Å². The van der Waals surface area contributed by atoms with Crippen LogP contribution in [0.5, 0.6) is 5.75 Å². The molecule has 0 N–H and O–H groups in total. The molecule has 0 fully saturated rings. The third-order valence-corrected chi connectivity index (χ3v) is 5.42. The molecule has 0 saturated heterocycles. The van der Waals surface area contributed by atoms with Gasteiger partial charge in [0, 0.05) is 23.4 Å². The fourth-order valence-electron chi connectivity index (χ4n) is 3.24. The highest BCUT2D eigenvalue weighted by molar-refractivity contribution is 14.1. The van der Waals surface area contributed by atoms with Crippen molar-refractivity contribution in [3.05, 3.63) is 56.4 Å². The summed E-state index contributed by atoms with van der Waals surface area (Å²) in [6.45, 7) is 3.68. The molecule has 0 spiro atoms. The number of halogens is 4. The van der Waals surface area contributed by atoms with Crippen molar-refractivity contribution >= 4 is 34.5 Å². The van der Waals surface area contributed by atoms with Crippen LogP contribution in [0.3, 0.4) is 0 Å². The van der Waals surface area contributed by atoms with Crippen molar-refractivity contribution in [3.8, 4) is 5.75 Å². The monoisotopic (exact) mass is 474 g/mol. The Bertz CT molecular complexity index is 857. The molecule has 0 aromatic heterocycles. The number of benzene rings is 2. The van der Waals surface area contributed by atoms with E-state index in [2.05, 4.69) is 27.6 Å². The van der Waals surface area contributed by atoms with Gasteiger partial charge >= 0.3 is 0 Å². The quantitative estimate of drug-likeness (QED) is 0.530.